The first-order valence-corrected chi connectivity index (χ1v) is 8.12. The number of amides is 1. The van der Waals surface area contributed by atoms with Gasteiger partial charge in [0.25, 0.3) is 0 Å². The Morgan fingerprint density at radius 3 is 2.75 bits per heavy atom. The molecule has 24 heavy (non-hydrogen) atoms. The molecule has 2 atom stereocenters. The minimum Gasteiger partial charge on any atom is -0.374 e. The number of primary amides is 1. The molecule has 2 N–H and O–H groups in total. The van der Waals surface area contributed by atoms with Crippen molar-refractivity contribution in [2.24, 2.45) is 5.73 Å². The quantitative estimate of drug-likeness (QED) is 0.878. The van der Waals surface area contributed by atoms with Gasteiger partial charge in [-0.1, -0.05) is 30.3 Å². The molecule has 1 amide bonds. The molecular formula is C17H23N5O2. The first kappa shape index (κ1) is 16.6. The maximum Gasteiger partial charge on any atom is 0.239 e. The average Bonchev–Trinajstić information content (AvgIpc) is 2.86. The van der Waals surface area contributed by atoms with Crippen LogP contribution < -0.4 is 5.73 Å². The van der Waals surface area contributed by atoms with Crippen LogP contribution in [0.2, 0.25) is 0 Å². The molecule has 7 nitrogen and oxygen atoms in total. The number of carbonyl (C=O) groups excluding carboxylic acids is 1. The second-order valence-electron chi connectivity index (χ2n) is 6.09. The highest BCUT2D eigenvalue weighted by atomic mass is 16.5. The first-order chi connectivity index (χ1) is 11.5. The first-order valence-electron chi connectivity index (χ1n) is 8.12. The van der Waals surface area contributed by atoms with Gasteiger partial charge in [-0.15, -0.1) is 0 Å². The van der Waals surface area contributed by atoms with Crippen LogP contribution in [0.25, 0.3) is 0 Å². The highest BCUT2D eigenvalue weighted by Crippen LogP contribution is 2.23. The Morgan fingerprint density at radius 2 is 2.12 bits per heavy atom. The third-order valence-corrected chi connectivity index (χ3v) is 4.26. The van der Waals surface area contributed by atoms with Crippen LogP contribution in [-0.2, 0) is 16.1 Å². The maximum absolute atomic E-state index is 12.0. The summed E-state index contributed by atoms with van der Waals surface area (Å²) in [7, 11) is 0. The van der Waals surface area contributed by atoms with Gasteiger partial charge in [-0.3, -0.25) is 9.69 Å². The van der Waals surface area contributed by atoms with E-state index in [1.807, 2.05) is 48.9 Å². The highest BCUT2D eigenvalue weighted by Gasteiger charge is 2.31. The zero-order chi connectivity index (χ0) is 17.1. The molecule has 1 aromatic heterocycles. The minimum absolute atomic E-state index is 0.0517. The molecule has 2 aromatic rings. The van der Waals surface area contributed by atoms with E-state index in [9.17, 15) is 4.79 Å². The van der Waals surface area contributed by atoms with Crippen molar-refractivity contribution in [1.29, 1.82) is 0 Å². The third-order valence-electron chi connectivity index (χ3n) is 4.26. The summed E-state index contributed by atoms with van der Waals surface area (Å²) in [6.45, 7) is 6.28. The third kappa shape index (κ3) is 3.63. The van der Waals surface area contributed by atoms with Gasteiger partial charge in [-0.05, 0) is 19.4 Å². The summed E-state index contributed by atoms with van der Waals surface area (Å²) in [5.41, 5.74) is 6.59. The van der Waals surface area contributed by atoms with Crippen LogP contribution in [0.1, 0.15) is 23.3 Å². The molecule has 0 spiro atoms. The summed E-state index contributed by atoms with van der Waals surface area (Å²) in [5, 5.41) is 4.38. The number of hydrogen-bond acceptors (Lipinski definition) is 5. The van der Waals surface area contributed by atoms with Crippen LogP contribution in [0, 0.1) is 13.8 Å². The molecular weight excluding hydrogens is 306 g/mol. The molecule has 1 aliphatic rings. The van der Waals surface area contributed by atoms with Crippen LogP contribution in [0.5, 0.6) is 0 Å². The summed E-state index contributed by atoms with van der Waals surface area (Å²) in [6.07, 6.45) is -0.0517. The number of carbonyl (C=O) groups is 1. The molecule has 1 fully saturated rings. The van der Waals surface area contributed by atoms with E-state index in [0.29, 0.717) is 26.2 Å². The minimum atomic E-state index is -0.434. The predicted molar refractivity (Wildman–Crippen MR) is 89.2 cm³/mol. The van der Waals surface area contributed by atoms with E-state index >= 15 is 0 Å². The van der Waals surface area contributed by atoms with E-state index in [1.165, 1.54) is 0 Å². The van der Waals surface area contributed by atoms with Crippen LogP contribution in [-0.4, -0.2) is 51.4 Å². The average molecular weight is 329 g/mol. The largest absolute Gasteiger partial charge is 0.374 e. The van der Waals surface area contributed by atoms with Crippen molar-refractivity contribution in [2.75, 3.05) is 19.7 Å². The van der Waals surface area contributed by atoms with Crippen molar-refractivity contribution in [3.05, 3.63) is 47.5 Å². The number of aromatic nitrogens is 3. The Hall–Kier alpha value is -2.25. The number of aryl methyl sites for hydroxylation is 2. The van der Waals surface area contributed by atoms with Gasteiger partial charge in [0.1, 0.15) is 17.7 Å². The SMILES string of the molecule is Cc1nc(C)n(C[C@H]2CN([C@H](C(N)=O)c3ccccc3)CCO2)n1. The molecule has 0 unspecified atom stereocenters. The molecule has 0 saturated carbocycles. The van der Waals surface area contributed by atoms with Crippen molar-refractivity contribution >= 4 is 5.91 Å². The zero-order valence-electron chi connectivity index (χ0n) is 14.1. The van der Waals surface area contributed by atoms with Crippen molar-refractivity contribution in [1.82, 2.24) is 19.7 Å². The van der Waals surface area contributed by atoms with Gasteiger partial charge in [0, 0.05) is 13.1 Å². The smallest absolute Gasteiger partial charge is 0.239 e. The number of morpholine rings is 1. The fraction of sp³-hybridized carbons (Fsp3) is 0.471. The molecule has 2 heterocycles. The second-order valence-corrected chi connectivity index (χ2v) is 6.09. The number of benzene rings is 1. The van der Waals surface area contributed by atoms with Crippen LogP contribution in [0.15, 0.2) is 30.3 Å². The number of ether oxygens (including phenoxy) is 1. The molecule has 1 aromatic carbocycles. The predicted octanol–water partition coefficient (Wildman–Crippen LogP) is 0.822. The topological polar surface area (TPSA) is 86.3 Å². The van der Waals surface area contributed by atoms with E-state index in [2.05, 4.69) is 15.0 Å². The van der Waals surface area contributed by atoms with Crippen molar-refractivity contribution in [3.63, 3.8) is 0 Å². The normalized spacial score (nSPS) is 20.0. The fourth-order valence-electron chi connectivity index (χ4n) is 3.20. The Balaban J connectivity index is 1.74. The number of nitrogens with zero attached hydrogens (tertiary/aromatic N) is 4. The number of hydrogen-bond donors (Lipinski definition) is 1. The van der Waals surface area contributed by atoms with E-state index in [-0.39, 0.29) is 12.0 Å². The molecule has 1 saturated heterocycles. The second kappa shape index (κ2) is 7.11. The Kier molecular flexibility index (Phi) is 4.92. The molecule has 0 bridgehead atoms. The standard InChI is InChI=1S/C17H23N5O2/c1-12-19-13(2)22(20-12)11-15-10-21(8-9-24-15)16(17(18)23)14-6-4-3-5-7-14/h3-7,15-16H,8-11H2,1-2H3,(H2,18,23)/t15-,16+/m1/s1. The van der Waals surface area contributed by atoms with Crippen molar-refractivity contribution in [3.8, 4) is 0 Å². The molecule has 1 aliphatic heterocycles. The van der Waals surface area contributed by atoms with E-state index in [4.69, 9.17) is 10.5 Å². The molecule has 128 valence electrons. The lowest BCUT2D eigenvalue weighted by Crippen LogP contribution is -2.49. The van der Waals surface area contributed by atoms with Crippen LogP contribution in [0.3, 0.4) is 0 Å². The number of rotatable bonds is 5. The molecule has 7 heteroatoms. The lowest BCUT2D eigenvalue weighted by atomic mass is 10.0. The van der Waals surface area contributed by atoms with Gasteiger partial charge >= 0.3 is 0 Å². The maximum atomic E-state index is 12.0. The molecule has 3 rings (SSSR count). The monoisotopic (exact) mass is 329 g/mol. The van der Waals surface area contributed by atoms with Gasteiger partial charge < -0.3 is 10.5 Å². The van der Waals surface area contributed by atoms with E-state index < -0.39 is 6.04 Å². The highest BCUT2D eigenvalue weighted by molar-refractivity contribution is 5.81. The van der Waals surface area contributed by atoms with Gasteiger partial charge in [0.15, 0.2) is 0 Å². The van der Waals surface area contributed by atoms with E-state index in [0.717, 1.165) is 17.2 Å². The summed E-state index contributed by atoms with van der Waals surface area (Å²) in [6, 6.07) is 9.21. The fourth-order valence-corrected chi connectivity index (χ4v) is 3.20. The summed E-state index contributed by atoms with van der Waals surface area (Å²) >= 11 is 0. The van der Waals surface area contributed by atoms with Crippen molar-refractivity contribution < 1.29 is 9.53 Å². The Morgan fingerprint density at radius 1 is 1.38 bits per heavy atom. The summed E-state index contributed by atoms with van der Waals surface area (Å²) in [4.78, 5) is 18.4. The summed E-state index contributed by atoms with van der Waals surface area (Å²) in [5.74, 6) is 1.27. The van der Waals surface area contributed by atoms with Crippen molar-refractivity contribution in [2.45, 2.75) is 32.5 Å². The molecule has 0 radical (unpaired) electrons. The lowest BCUT2D eigenvalue weighted by Gasteiger charge is -2.37. The number of nitrogens with two attached hydrogens (primary N) is 1. The van der Waals surface area contributed by atoms with E-state index in [1.54, 1.807) is 0 Å². The Labute approximate surface area is 141 Å². The lowest BCUT2D eigenvalue weighted by molar-refractivity contribution is -0.127. The van der Waals surface area contributed by atoms with Gasteiger partial charge in [0.2, 0.25) is 5.91 Å². The van der Waals surface area contributed by atoms with Gasteiger partial charge in [-0.2, -0.15) is 5.10 Å². The van der Waals surface area contributed by atoms with Crippen LogP contribution in [0.4, 0.5) is 0 Å². The van der Waals surface area contributed by atoms with Gasteiger partial charge in [0.05, 0.1) is 19.3 Å². The van der Waals surface area contributed by atoms with Crippen LogP contribution >= 0.6 is 0 Å². The van der Waals surface area contributed by atoms with Gasteiger partial charge in [-0.25, -0.2) is 9.67 Å². The Bertz CT molecular complexity index is 700. The summed E-state index contributed by atoms with van der Waals surface area (Å²) < 4.78 is 7.71. The zero-order valence-corrected chi connectivity index (χ0v) is 14.1. The molecule has 0 aliphatic carbocycles.